The van der Waals surface area contributed by atoms with E-state index in [1.54, 1.807) is 0 Å². The number of aromatic amines is 1. The molecule has 0 unspecified atom stereocenters. The number of hydrogen-bond acceptors (Lipinski definition) is 6. The quantitative estimate of drug-likeness (QED) is 0.862. The van der Waals surface area contributed by atoms with Crippen molar-refractivity contribution in [2.45, 2.75) is 31.8 Å². The molecule has 2 fully saturated rings. The van der Waals surface area contributed by atoms with Gasteiger partial charge in [-0.3, -0.25) is 9.80 Å². The highest BCUT2D eigenvalue weighted by Gasteiger charge is 2.26. The van der Waals surface area contributed by atoms with E-state index in [2.05, 4.69) is 41.6 Å². The molecule has 1 N–H and O–H groups in total. The van der Waals surface area contributed by atoms with E-state index in [0.717, 1.165) is 70.0 Å². The van der Waals surface area contributed by atoms with Crippen LogP contribution in [-0.4, -0.2) is 73.9 Å². The van der Waals surface area contributed by atoms with E-state index in [0.29, 0.717) is 5.92 Å². The predicted molar refractivity (Wildman–Crippen MR) is 92.9 cm³/mol. The van der Waals surface area contributed by atoms with Gasteiger partial charge in [-0.25, -0.2) is 4.98 Å². The van der Waals surface area contributed by atoms with Crippen molar-refractivity contribution in [1.82, 2.24) is 34.5 Å². The van der Waals surface area contributed by atoms with Gasteiger partial charge in [-0.05, 0) is 19.4 Å². The highest BCUT2D eigenvalue weighted by Crippen LogP contribution is 2.26. The lowest BCUT2D eigenvalue weighted by molar-refractivity contribution is 0.0326. The van der Waals surface area contributed by atoms with Crippen LogP contribution in [0.15, 0.2) is 12.4 Å². The Morgan fingerprint density at radius 1 is 1.16 bits per heavy atom. The fourth-order valence-corrected chi connectivity index (χ4v) is 3.83. The molecule has 136 valence electrons. The van der Waals surface area contributed by atoms with Crippen molar-refractivity contribution in [3.8, 4) is 0 Å². The third-order valence-corrected chi connectivity index (χ3v) is 5.27. The van der Waals surface area contributed by atoms with Crippen LogP contribution in [0.2, 0.25) is 0 Å². The molecule has 25 heavy (non-hydrogen) atoms. The van der Waals surface area contributed by atoms with Crippen molar-refractivity contribution >= 4 is 0 Å². The molecule has 0 amide bonds. The van der Waals surface area contributed by atoms with Crippen LogP contribution in [0.5, 0.6) is 0 Å². The molecule has 8 nitrogen and oxygen atoms in total. The van der Waals surface area contributed by atoms with Crippen molar-refractivity contribution in [3.63, 3.8) is 0 Å². The summed E-state index contributed by atoms with van der Waals surface area (Å²) >= 11 is 0. The van der Waals surface area contributed by atoms with Gasteiger partial charge in [-0.15, -0.1) is 10.2 Å². The van der Waals surface area contributed by atoms with Crippen molar-refractivity contribution in [2.24, 2.45) is 7.05 Å². The van der Waals surface area contributed by atoms with Gasteiger partial charge in [0.2, 0.25) is 0 Å². The van der Waals surface area contributed by atoms with E-state index in [9.17, 15) is 0 Å². The third kappa shape index (κ3) is 3.91. The zero-order valence-electron chi connectivity index (χ0n) is 14.9. The molecule has 2 aromatic rings. The summed E-state index contributed by atoms with van der Waals surface area (Å²) < 4.78 is 7.63. The Hall–Kier alpha value is -1.77. The lowest BCUT2D eigenvalue weighted by Crippen LogP contribution is -2.36. The first-order valence-electron chi connectivity index (χ1n) is 9.18. The summed E-state index contributed by atoms with van der Waals surface area (Å²) in [5.41, 5.74) is 0. The summed E-state index contributed by atoms with van der Waals surface area (Å²) in [5.74, 6) is 3.65. The lowest BCUT2D eigenvalue weighted by Gasteiger charge is -2.31. The van der Waals surface area contributed by atoms with Crippen LogP contribution in [0.3, 0.4) is 0 Å². The number of piperidine rings is 1. The molecule has 0 saturated carbocycles. The molecular weight excluding hydrogens is 318 g/mol. The van der Waals surface area contributed by atoms with Crippen LogP contribution in [0.25, 0.3) is 0 Å². The lowest BCUT2D eigenvalue weighted by atomic mass is 9.97. The van der Waals surface area contributed by atoms with Crippen LogP contribution in [0.4, 0.5) is 0 Å². The van der Waals surface area contributed by atoms with Crippen LogP contribution in [0.1, 0.15) is 36.2 Å². The smallest absolute Gasteiger partial charge is 0.146 e. The van der Waals surface area contributed by atoms with Gasteiger partial charge in [0, 0.05) is 45.0 Å². The molecule has 2 aliphatic rings. The summed E-state index contributed by atoms with van der Waals surface area (Å²) in [5, 5.41) is 9.02. The number of ether oxygens (including phenoxy) is 1. The summed E-state index contributed by atoms with van der Waals surface area (Å²) in [6, 6.07) is 0. The minimum absolute atomic E-state index is 0.444. The summed E-state index contributed by atoms with van der Waals surface area (Å²) in [6.45, 7) is 7.45. The minimum atomic E-state index is 0.444. The topological polar surface area (TPSA) is 75.1 Å². The Bertz CT molecular complexity index is 663. The van der Waals surface area contributed by atoms with Gasteiger partial charge in [0.25, 0.3) is 0 Å². The largest absolute Gasteiger partial charge is 0.379 e. The second-order valence-corrected chi connectivity index (χ2v) is 7.03. The van der Waals surface area contributed by atoms with Gasteiger partial charge < -0.3 is 14.3 Å². The number of imidazole rings is 1. The Balaban J connectivity index is 1.40. The molecule has 0 radical (unpaired) electrons. The third-order valence-electron chi connectivity index (χ3n) is 5.27. The molecule has 8 heteroatoms. The number of nitrogens with zero attached hydrogens (tertiary/aromatic N) is 6. The molecule has 0 aliphatic carbocycles. The number of rotatable bonds is 5. The van der Waals surface area contributed by atoms with Gasteiger partial charge in [0.15, 0.2) is 0 Å². The maximum Gasteiger partial charge on any atom is 0.146 e. The van der Waals surface area contributed by atoms with Gasteiger partial charge in [-0.2, -0.15) is 0 Å². The van der Waals surface area contributed by atoms with Crippen LogP contribution >= 0.6 is 0 Å². The number of likely N-dealkylation sites (tertiary alicyclic amines) is 1. The normalized spacial score (nSPS) is 23.2. The van der Waals surface area contributed by atoms with Crippen molar-refractivity contribution in [2.75, 3.05) is 39.4 Å². The average molecular weight is 345 g/mol. The maximum atomic E-state index is 5.43. The fraction of sp³-hybridized carbons (Fsp3) is 0.706. The van der Waals surface area contributed by atoms with Crippen molar-refractivity contribution in [3.05, 3.63) is 29.9 Å². The molecule has 0 spiro atoms. The Kier molecular flexibility index (Phi) is 5.09. The first-order valence-corrected chi connectivity index (χ1v) is 9.18. The molecule has 4 rings (SSSR count). The zero-order chi connectivity index (χ0) is 17.1. The molecule has 0 bridgehead atoms. The number of morpholine rings is 1. The van der Waals surface area contributed by atoms with Crippen molar-refractivity contribution in [1.29, 1.82) is 0 Å². The average Bonchev–Trinajstić information content (AvgIpc) is 3.27. The second-order valence-electron chi connectivity index (χ2n) is 7.03. The summed E-state index contributed by atoms with van der Waals surface area (Å²) in [4.78, 5) is 12.4. The zero-order valence-corrected chi connectivity index (χ0v) is 14.9. The Morgan fingerprint density at radius 2 is 2.04 bits per heavy atom. The maximum absolute atomic E-state index is 5.43. The van der Waals surface area contributed by atoms with Crippen LogP contribution < -0.4 is 0 Å². The van der Waals surface area contributed by atoms with Crippen molar-refractivity contribution < 1.29 is 4.74 Å². The number of aromatic nitrogens is 5. The fourth-order valence-electron chi connectivity index (χ4n) is 3.83. The molecular formula is C17H27N7O. The Labute approximate surface area is 148 Å². The molecule has 2 aromatic heterocycles. The van der Waals surface area contributed by atoms with E-state index in [1.165, 1.54) is 12.8 Å². The monoisotopic (exact) mass is 345 g/mol. The van der Waals surface area contributed by atoms with E-state index in [4.69, 9.17) is 4.74 Å². The summed E-state index contributed by atoms with van der Waals surface area (Å²) in [7, 11) is 2.11. The number of nitrogens with one attached hydrogen (secondary N) is 1. The Morgan fingerprint density at radius 3 is 2.84 bits per heavy atom. The molecule has 2 aliphatic heterocycles. The van der Waals surface area contributed by atoms with E-state index < -0.39 is 0 Å². The first kappa shape index (κ1) is 16.7. The first-order chi connectivity index (χ1) is 12.3. The van der Waals surface area contributed by atoms with Gasteiger partial charge in [-0.1, -0.05) is 0 Å². The molecule has 1 atom stereocenters. The van der Waals surface area contributed by atoms with Gasteiger partial charge >= 0.3 is 0 Å². The predicted octanol–water partition coefficient (Wildman–Crippen LogP) is 0.750. The van der Waals surface area contributed by atoms with Gasteiger partial charge in [0.05, 0.1) is 26.3 Å². The highest BCUT2D eigenvalue weighted by atomic mass is 16.5. The number of hydrogen-bond donors (Lipinski definition) is 1. The van der Waals surface area contributed by atoms with Gasteiger partial charge in [0.1, 0.15) is 17.5 Å². The van der Waals surface area contributed by atoms with E-state index in [-0.39, 0.29) is 0 Å². The highest BCUT2D eigenvalue weighted by molar-refractivity contribution is 5.04. The standard InChI is InChI=1S/C17H27N7O/c1-22-16(13-23-7-9-25-10-8-23)20-21-17(22)14-3-2-6-24(11-14)12-15-18-4-5-19-15/h4-5,14H,2-3,6-13H2,1H3,(H,18,19)/t14-/m1/s1. The molecule has 0 aromatic carbocycles. The SMILES string of the molecule is Cn1c(CN2CCOCC2)nnc1[C@@H]1CCCN(Cc2ncc[nH]2)C1. The molecule has 2 saturated heterocycles. The molecule has 4 heterocycles. The van der Waals surface area contributed by atoms with E-state index >= 15 is 0 Å². The second kappa shape index (κ2) is 7.63. The van der Waals surface area contributed by atoms with E-state index in [1.807, 2.05) is 12.4 Å². The number of H-pyrrole nitrogens is 1. The van der Waals surface area contributed by atoms with Crippen LogP contribution in [0, 0.1) is 0 Å². The van der Waals surface area contributed by atoms with Crippen LogP contribution in [-0.2, 0) is 24.9 Å². The minimum Gasteiger partial charge on any atom is -0.379 e. The summed E-state index contributed by atoms with van der Waals surface area (Å²) in [6.07, 6.45) is 6.07.